The molecule has 0 saturated carbocycles. The highest BCUT2D eigenvalue weighted by atomic mass is 16.6. The van der Waals surface area contributed by atoms with Crippen molar-refractivity contribution >= 4 is 17.0 Å². The molecule has 0 radical (unpaired) electrons. The highest BCUT2D eigenvalue weighted by molar-refractivity contribution is 5.86. The molecule has 2 aliphatic rings. The second-order valence-electron chi connectivity index (χ2n) is 10.9. The summed E-state index contributed by atoms with van der Waals surface area (Å²) in [6.45, 7) is 10.5. The number of likely N-dealkylation sites (tertiary alicyclic amines) is 1. The number of amides is 1. The number of nitrogens with zero attached hydrogens (tertiary/aromatic N) is 4. The number of hydrogen-bond acceptors (Lipinski definition) is 6. The van der Waals surface area contributed by atoms with Crippen LogP contribution in [0.2, 0.25) is 0 Å². The van der Waals surface area contributed by atoms with Crippen molar-refractivity contribution in [2.45, 2.75) is 51.8 Å². The second kappa shape index (κ2) is 10.5. The van der Waals surface area contributed by atoms with Crippen LogP contribution in [0.3, 0.4) is 0 Å². The lowest BCUT2D eigenvalue weighted by atomic mass is 9.99. The van der Waals surface area contributed by atoms with E-state index in [1.54, 1.807) is 0 Å². The van der Waals surface area contributed by atoms with Gasteiger partial charge in [0.1, 0.15) is 5.60 Å². The maximum absolute atomic E-state index is 12.8. The maximum atomic E-state index is 12.8. The van der Waals surface area contributed by atoms with E-state index in [1.165, 1.54) is 5.56 Å². The van der Waals surface area contributed by atoms with Crippen LogP contribution in [0.1, 0.15) is 56.3 Å². The summed E-state index contributed by atoms with van der Waals surface area (Å²) in [6, 6.07) is 18.5. The predicted molar refractivity (Wildman–Crippen MR) is 143 cm³/mol. The molecule has 2 fully saturated rings. The smallest absolute Gasteiger partial charge is 0.410 e. The van der Waals surface area contributed by atoms with Crippen LogP contribution in [-0.2, 0) is 16.0 Å². The highest BCUT2D eigenvalue weighted by Gasteiger charge is 2.33. The third kappa shape index (κ3) is 5.76. The second-order valence-corrected chi connectivity index (χ2v) is 10.9. The number of ether oxygens (including phenoxy) is 2. The molecule has 192 valence electrons. The lowest BCUT2D eigenvalue weighted by molar-refractivity contribution is 0.0224. The van der Waals surface area contributed by atoms with Gasteiger partial charge in [0.2, 0.25) is 0 Å². The molecule has 2 saturated heterocycles. The summed E-state index contributed by atoms with van der Waals surface area (Å²) in [7, 11) is 0. The average molecular weight is 499 g/mol. The maximum Gasteiger partial charge on any atom is 0.410 e. The zero-order valence-corrected chi connectivity index (χ0v) is 21.9. The summed E-state index contributed by atoms with van der Waals surface area (Å²) in [5.74, 6) is 0. The fourth-order valence-electron chi connectivity index (χ4n) is 5.18. The average Bonchev–Trinajstić information content (AvgIpc) is 3.38. The van der Waals surface area contributed by atoms with E-state index in [2.05, 4.69) is 41.3 Å². The van der Waals surface area contributed by atoms with Crippen LogP contribution < -0.4 is 0 Å². The summed E-state index contributed by atoms with van der Waals surface area (Å²) in [6.07, 6.45) is 1.63. The van der Waals surface area contributed by atoms with E-state index < -0.39 is 5.60 Å². The Morgan fingerprint density at radius 2 is 1.86 bits per heavy atom. The third-order valence-electron chi connectivity index (χ3n) is 6.99. The molecule has 7 heteroatoms. The molecule has 2 aromatic carbocycles. The first-order valence-electron chi connectivity index (χ1n) is 13.0. The van der Waals surface area contributed by atoms with E-state index in [0.29, 0.717) is 12.1 Å². The van der Waals surface area contributed by atoms with Gasteiger partial charge in [0.15, 0.2) is 0 Å². The summed E-state index contributed by atoms with van der Waals surface area (Å²) in [4.78, 5) is 22.0. The molecule has 7 nitrogen and oxygen atoms in total. The van der Waals surface area contributed by atoms with Crippen LogP contribution in [0.5, 0.6) is 0 Å². The normalized spacial score (nSPS) is 18.6. The molecular formula is C30H34N4O3. The van der Waals surface area contributed by atoms with Gasteiger partial charge in [-0.1, -0.05) is 30.3 Å². The van der Waals surface area contributed by atoms with Crippen molar-refractivity contribution in [2.24, 2.45) is 0 Å². The number of pyridine rings is 1. The number of benzene rings is 2. The molecule has 1 atom stereocenters. The van der Waals surface area contributed by atoms with Crippen molar-refractivity contribution in [2.75, 3.05) is 32.8 Å². The summed E-state index contributed by atoms with van der Waals surface area (Å²) in [5, 5.41) is 10.5. The Morgan fingerprint density at radius 1 is 1.11 bits per heavy atom. The fourth-order valence-corrected chi connectivity index (χ4v) is 5.18. The van der Waals surface area contributed by atoms with Crippen molar-refractivity contribution in [3.63, 3.8) is 0 Å². The SMILES string of the molecule is CC(C)(C)OC(=O)N1CCCC1c1ccc(-c2cc(CN3CCOCC3)c3ccc(C#N)cc3n2)cc1. The van der Waals surface area contributed by atoms with E-state index >= 15 is 0 Å². The molecule has 0 spiro atoms. The lowest BCUT2D eigenvalue weighted by Crippen LogP contribution is -2.36. The highest BCUT2D eigenvalue weighted by Crippen LogP contribution is 2.35. The zero-order valence-electron chi connectivity index (χ0n) is 21.9. The van der Waals surface area contributed by atoms with Gasteiger partial charge >= 0.3 is 6.09 Å². The zero-order chi connectivity index (χ0) is 26.0. The van der Waals surface area contributed by atoms with E-state index in [9.17, 15) is 10.1 Å². The number of carbonyl (C=O) groups excluding carboxylic acids is 1. The first-order valence-corrected chi connectivity index (χ1v) is 13.0. The standard InChI is InChI=1S/C30H34N4O3/c1-30(2,3)37-29(35)34-12-4-5-28(34)23-9-7-22(8-10-23)26-18-24(20-33-13-15-36-16-14-33)25-11-6-21(19-31)17-27(25)32-26/h6-11,17-18,28H,4-5,12-16,20H2,1-3H3. The molecular weight excluding hydrogens is 464 g/mol. The quantitative estimate of drug-likeness (QED) is 0.461. The van der Waals surface area contributed by atoms with Gasteiger partial charge in [-0.3, -0.25) is 4.90 Å². The molecule has 2 aliphatic heterocycles. The lowest BCUT2D eigenvalue weighted by Gasteiger charge is -2.29. The van der Waals surface area contributed by atoms with Crippen LogP contribution in [-0.4, -0.2) is 59.3 Å². The van der Waals surface area contributed by atoms with Gasteiger partial charge in [-0.25, -0.2) is 9.78 Å². The summed E-state index contributed by atoms with van der Waals surface area (Å²) < 4.78 is 11.2. The van der Waals surface area contributed by atoms with Crippen molar-refractivity contribution in [3.8, 4) is 17.3 Å². The molecule has 37 heavy (non-hydrogen) atoms. The Bertz CT molecular complexity index is 1320. The van der Waals surface area contributed by atoms with Gasteiger partial charge in [0.05, 0.1) is 42.1 Å². The molecule has 1 aromatic heterocycles. The van der Waals surface area contributed by atoms with Crippen molar-refractivity contribution in [1.29, 1.82) is 5.26 Å². The van der Waals surface area contributed by atoms with Crippen molar-refractivity contribution < 1.29 is 14.3 Å². The molecule has 3 aromatic rings. The van der Waals surface area contributed by atoms with Gasteiger partial charge in [0, 0.05) is 37.1 Å². The molecule has 1 unspecified atom stereocenters. The molecule has 0 aliphatic carbocycles. The number of aromatic nitrogens is 1. The largest absolute Gasteiger partial charge is 0.444 e. The number of rotatable bonds is 4. The third-order valence-corrected chi connectivity index (χ3v) is 6.99. The van der Waals surface area contributed by atoms with Gasteiger partial charge in [0.25, 0.3) is 0 Å². The van der Waals surface area contributed by atoms with Crippen LogP contribution >= 0.6 is 0 Å². The minimum atomic E-state index is -0.514. The first-order chi connectivity index (χ1) is 17.8. The molecule has 1 amide bonds. The molecule has 0 N–H and O–H groups in total. The van der Waals surface area contributed by atoms with Gasteiger partial charge in [-0.05, 0) is 62.9 Å². The molecule has 3 heterocycles. The van der Waals surface area contributed by atoms with Crippen LogP contribution in [0.4, 0.5) is 4.79 Å². The van der Waals surface area contributed by atoms with Crippen LogP contribution in [0.25, 0.3) is 22.2 Å². The molecule has 0 bridgehead atoms. The van der Waals surface area contributed by atoms with Crippen molar-refractivity contribution in [1.82, 2.24) is 14.8 Å². The number of nitriles is 1. The number of hydrogen-bond donors (Lipinski definition) is 0. The van der Waals surface area contributed by atoms with E-state index in [0.717, 1.165) is 73.4 Å². The van der Waals surface area contributed by atoms with E-state index in [-0.39, 0.29) is 12.1 Å². The predicted octanol–water partition coefficient (Wildman–Crippen LogP) is 5.68. The Morgan fingerprint density at radius 3 is 2.57 bits per heavy atom. The topological polar surface area (TPSA) is 78.7 Å². The Kier molecular flexibility index (Phi) is 7.14. The minimum Gasteiger partial charge on any atom is -0.444 e. The summed E-state index contributed by atoms with van der Waals surface area (Å²) in [5.41, 5.74) is 5.12. The Balaban J connectivity index is 1.44. The van der Waals surface area contributed by atoms with Gasteiger partial charge in [-0.15, -0.1) is 0 Å². The minimum absolute atomic E-state index is 0.0172. The van der Waals surface area contributed by atoms with Gasteiger partial charge in [-0.2, -0.15) is 5.26 Å². The van der Waals surface area contributed by atoms with Crippen molar-refractivity contribution in [3.05, 3.63) is 65.2 Å². The number of morpholine rings is 1. The number of fused-ring (bicyclic) bond motifs is 1. The monoisotopic (exact) mass is 498 g/mol. The van der Waals surface area contributed by atoms with Crippen LogP contribution in [0, 0.1) is 11.3 Å². The van der Waals surface area contributed by atoms with E-state index in [1.807, 2.05) is 43.9 Å². The van der Waals surface area contributed by atoms with E-state index in [4.69, 9.17) is 14.5 Å². The summed E-state index contributed by atoms with van der Waals surface area (Å²) >= 11 is 0. The van der Waals surface area contributed by atoms with Gasteiger partial charge < -0.3 is 14.4 Å². The Hall–Kier alpha value is -3.47. The first kappa shape index (κ1) is 25.2. The van der Waals surface area contributed by atoms with Crippen LogP contribution in [0.15, 0.2) is 48.5 Å². The fraction of sp³-hybridized carbons (Fsp3) is 0.433. The Labute approximate surface area is 218 Å². The number of carbonyl (C=O) groups is 1. The molecule has 5 rings (SSSR count).